The van der Waals surface area contributed by atoms with Gasteiger partial charge in [-0.3, -0.25) is 4.79 Å². The van der Waals surface area contributed by atoms with Crippen LogP contribution < -0.4 is 0 Å². The Kier molecular flexibility index (Phi) is 9.38. The van der Waals surface area contributed by atoms with Gasteiger partial charge in [0.1, 0.15) is 0 Å². The lowest BCUT2D eigenvalue weighted by molar-refractivity contribution is -0.338. The second kappa shape index (κ2) is 11.1. The number of aliphatic hydroxyl groups excluding tert-OH is 1. The molecule has 2 saturated heterocycles. The molecule has 0 aliphatic carbocycles. The van der Waals surface area contributed by atoms with Crippen molar-refractivity contribution in [1.29, 1.82) is 0 Å². The van der Waals surface area contributed by atoms with Gasteiger partial charge in [-0.05, 0) is 69.1 Å². The standard InChI is InChI=1S/C25H44O5/c1-7-16(2)8-11-22-17(3)12-14-25(29-22)15-13-19(5)23(30-25)18(4)9-10-21(26)20(6)24(27)28/h7,16-23,26H,1,8-15H2,2-6H3,(H,27,28)/t16-,17-,18-,19+,20+,21+,22+,23+,25-/m1/s1. The number of aliphatic hydroxyl groups is 1. The number of allylic oxidation sites excluding steroid dienone is 1. The molecule has 1 spiro atoms. The van der Waals surface area contributed by atoms with Crippen LogP contribution in [0.15, 0.2) is 12.7 Å². The second-order valence-electron chi connectivity index (χ2n) is 10.2. The van der Waals surface area contributed by atoms with Crippen molar-refractivity contribution in [2.45, 2.75) is 110 Å². The van der Waals surface area contributed by atoms with Crippen LogP contribution in [-0.4, -0.2) is 40.3 Å². The zero-order valence-corrected chi connectivity index (χ0v) is 19.7. The Morgan fingerprint density at radius 3 is 2.33 bits per heavy atom. The Bertz CT molecular complexity index is 560. The molecule has 0 bridgehead atoms. The molecule has 2 rings (SSSR count). The van der Waals surface area contributed by atoms with Crippen molar-refractivity contribution >= 4 is 5.97 Å². The van der Waals surface area contributed by atoms with E-state index in [1.165, 1.54) is 0 Å². The predicted molar refractivity (Wildman–Crippen MR) is 119 cm³/mol. The summed E-state index contributed by atoms with van der Waals surface area (Å²) in [6.45, 7) is 14.3. The Morgan fingerprint density at radius 2 is 1.73 bits per heavy atom. The van der Waals surface area contributed by atoms with E-state index in [4.69, 9.17) is 14.6 Å². The average molecular weight is 425 g/mol. The van der Waals surface area contributed by atoms with E-state index in [-0.39, 0.29) is 18.1 Å². The highest BCUT2D eigenvalue weighted by molar-refractivity contribution is 5.70. The van der Waals surface area contributed by atoms with Gasteiger partial charge in [0.15, 0.2) is 5.79 Å². The van der Waals surface area contributed by atoms with E-state index in [0.29, 0.717) is 24.2 Å². The molecule has 2 fully saturated rings. The van der Waals surface area contributed by atoms with E-state index in [9.17, 15) is 9.90 Å². The number of carbonyl (C=O) groups is 1. The smallest absolute Gasteiger partial charge is 0.308 e. The van der Waals surface area contributed by atoms with E-state index < -0.39 is 23.8 Å². The fourth-order valence-electron chi connectivity index (χ4n) is 4.97. The van der Waals surface area contributed by atoms with Gasteiger partial charge >= 0.3 is 5.97 Å². The van der Waals surface area contributed by atoms with E-state index in [0.717, 1.165) is 44.9 Å². The SMILES string of the molecule is C=C[C@@H](C)CC[C@@H]1O[C@@]2(CC[C@H]1C)CC[C@H](C)[C@H]([C@H](C)CC[C@H](O)[C@H](C)C(=O)O)O2. The fourth-order valence-corrected chi connectivity index (χ4v) is 4.97. The van der Waals surface area contributed by atoms with Crippen molar-refractivity contribution < 1.29 is 24.5 Å². The minimum atomic E-state index is -0.946. The van der Waals surface area contributed by atoms with Gasteiger partial charge in [-0.25, -0.2) is 0 Å². The molecular weight excluding hydrogens is 380 g/mol. The minimum absolute atomic E-state index is 0.0761. The molecule has 2 N–H and O–H groups in total. The zero-order valence-electron chi connectivity index (χ0n) is 19.7. The first-order valence-electron chi connectivity index (χ1n) is 12.0. The molecule has 0 unspecified atom stereocenters. The van der Waals surface area contributed by atoms with Crippen LogP contribution in [0.25, 0.3) is 0 Å². The van der Waals surface area contributed by atoms with Crippen molar-refractivity contribution in [1.82, 2.24) is 0 Å². The van der Waals surface area contributed by atoms with E-state index in [2.05, 4.69) is 34.3 Å². The lowest BCUT2D eigenvalue weighted by Gasteiger charge is -2.51. The predicted octanol–water partition coefficient (Wildman–Crippen LogP) is 5.41. The average Bonchev–Trinajstić information content (AvgIpc) is 2.73. The van der Waals surface area contributed by atoms with Crippen molar-refractivity contribution in [2.75, 3.05) is 0 Å². The van der Waals surface area contributed by atoms with Crippen molar-refractivity contribution in [3.05, 3.63) is 12.7 Å². The normalized spacial score (nSPS) is 36.1. The molecule has 0 amide bonds. The molecule has 0 radical (unpaired) electrons. The summed E-state index contributed by atoms with van der Waals surface area (Å²) in [7, 11) is 0. The molecule has 30 heavy (non-hydrogen) atoms. The topological polar surface area (TPSA) is 76.0 Å². The Hall–Kier alpha value is -0.910. The molecule has 5 heteroatoms. The maximum atomic E-state index is 11.1. The summed E-state index contributed by atoms with van der Waals surface area (Å²) in [5, 5.41) is 19.3. The number of hydrogen-bond acceptors (Lipinski definition) is 4. The Balaban J connectivity index is 1.97. The number of carboxylic acids is 1. The zero-order chi connectivity index (χ0) is 22.5. The van der Waals surface area contributed by atoms with Gasteiger partial charge in [0.05, 0.1) is 24.2 Å². The van der Waals surface area contributed by atoms with Crippen LogP contribution in [0.2, 0.25) is 0 Å². The molecule has 2 heterocycles. The summed E-state index contributed by atoms with van der Waals surface area (Å²) in [5.41, 5.74) is 0. The Labute approximate surface area is 183 Å². The Morgan fingerprint density at radius 1 is 1.10 bits per heavy atom. The van der Waals surface area contributed by atoms with Crippen LogP contribution in [0.1, 0.15) is 86.0 Å². The number of ether oxygens (including phenoxy) is 2. The maximum Gasteiger partial charge on any atom is 0.308 e. The lowest BCUT2D eigenvalue weighted by atomic mass is 9.79. The molecule has 2 aliphatic rings. The molecule has 0 aromatic carbocycles. The van der Waals surface area contributed by atoms with Crippen LogP contribution in [0, 0.1) is 29.6 Å². The van der Waals surface area contributed by atoms with Crippen LogP contribution in [-0.2, 0) is 14.3 Å². The third-order valence-electron chi connectivity index (χ3n) is 7.63. The minimum Gasteiger partial charge on any atom is -0.481 e. The number of aliphatic carboxylic acids is 1. The number of rotatable bonds is 10. The lowest BCUT2D eigenvalue weighted by Crippen LogP contribution is -2.53. The highest BCUT2D eigenvalue weighted by Gasteiger charge is 2.47. The van der Waals surface area contributed by atoms with Crippen molar-refractivity contribution in [2.24, 2.45) is 29.6 Å². The van der Waals surface area contributed by atoms with Gasteiger partial charge in [0.25, 0.3) is 0 Å². The van der Waals surface area contributed by atoms with Crippen LogP contribution in [0.5, 0.6) is 0 Å². The molecule has 5 nitrogen and oxygen atoms in total. The first-order chi connectivity index (χ1) is 14.1. The van der Waals surface area contributed by atoms with Crippen LogP contribution >= 0.6 is 0 Å². The summed E-state index contributed by atoms with van der Waals surface area (Å²) < 4.78 is 13.4. The van der Waals surface area contributed by atoms with E-state index >= 15 is 0 Å². The van der Waals surface area contributed by atoms with Gasteiger partial charge in [-0.2, -0.15) is 0 Å². The number of hydrogen-bond donors (Lipinski definition) is 2. The molecule has 2 aliphatic heterocycles. The molecule has 174 valence electrons. The van der Waals surface area contributed by atoms with Gasteiger partial charge < -0.3 is 19.7 Å². The van der Waals surface area contributed by atoms with E-state index in [1.807, 2.05) is 6.08 Å². The third kappa shape index (κ3) is 6.54. The summed E-state index contributed by atoms with van der Waals surface area (Å²) in [5.74, 6) is -0.449. The summed E-state index contributed by atoms with van der Waals surface area (Å²) in [6, 6.07) is 0. The highest BCUT2D eigenvalue weighted by Crippen LogP contribution is 2.45. The molecule has 9 atom stereocenters. The summed E-state index contributed by atoms with van der Waals surface area (Å²) in [6.07, 6.45) is 8.93. The van der Waals surface area contributed by atoms with Crippen LogP contribution in [0.3, 0.4) is 0 Å². The van der Waals surface area contributed by atoms with Crippen molar-refractivity contribution in [3.63, 3.8) is 0 Å². The third-order valence-corrected chi connectivity index (χ3v) is 7.63. The summed E-state index contributed by atoms with van der Waals surface area (Å²) >= 11 is 0. The van der Waals surface area contributed by atoms with Gasteiger partial charge in [0, 0.05) is 12.8 Å². The molecule has 0 aromatic rings. The fraction of sp³-hybridized carbons (Fsp3) is 0.880. The number of carboxylic acid groups (broad SMARTS) is 1. The van der Waals surface area contributed by atoms with Crippen LogP contribution in [0.4, 0.5) is 0 Å². The summed E-state index contributed by atoms with van der Waals surface area (Å²) in [4.78, 5) is 11.1. The first-order valence-corrected chi connectivity index (χ1v) is 12.0. The van der Waals surface area contributed by atoms with Crippen molar-refractivity contribution in [3.8, 4) is 0 Å². The largest absolute Gasteiger partial charge is 0.481 e. The quantitative estimate of drug-likeness (QED) is 0.458. The first kappa shape index (κ1) is 25.4. The monoisotopic (exact) mass is 424 g/mol. The molecular formula is C25H44O5. The highest BCUT2D eigenvalue weighted by atomic mass is 16.7. The van der Waals surface area contributed by atoms with E-state index in [1.54, 1.807) is 6.92 Å². The molecule has 0 saturated carbocycles. The van der Waals surface area contributed by atoms with Gasteiger partial charge in [-0.1, -0.05) is 33.8 Å². The van der Waals surface area contributed by atoms with Gasteiger partial charge in [0.2, 0.25) is 0 Å². The molecule has 0 aromatic heterocycles. The van der Waals surface area contributed by atoms with Gasteiger partial charge in [-0.15, -0.1) is 6.58 Å². The second-order valence-corrected chi connectivity index (χ2v) is 10.2. The maximum absolute atomic E-state index is 11.1.